The molecule has 0 saturated carbocycles. The van der Waals surface area contributed by atoms with Crippen LogP contribution in [0.4, 0.5) is 5.69 Å². The predicted molar refractivity (Wildman–Crippen MR) is 104 cm³/mol. The van der Waals surface area contributed by atoms with Crippen LogP contribution in [-0.2, 0) is 14.8 Å². The molecule has 0 bridgehead atoms. The molecule has 7 heteroatoms. The van der Waals surface area contributed by atoms with Gasteiger partial charge in [0.05, 0.1) is 18.1 Å². The summed E-state index contributed by atoms with van der Waals surface area (Å²) in [6.45, 7) is 6.84. The van der Waals surface area contributed by atoms with Gasteiger partial charge in [-0.2, -0.15) is 4.31 Å². The Morgan fingerprint density at radius 3 is 2.63 bits per heavy atom. The molecule has 1 saturated heterocycles. The van der Waals surface area contributed by atoms with E-state index < -0.39 is 10.0 Å². The fraction of sp³-hybridized carbons (Fsp3) is 0.350. The summed E-state index contributed by atoms with van der Waals surface area (Å²) in [4.78, 5) is 12.7. The molecule has 0 aromatic heterocycles. The number of ether oxygens (including phenoxy) is 1. The summed E-state index contributed by atoms with van der Waals surface area (Å²) in [5, 5.41) is 2.83. The Labute approximate surface area is 160 Å². The Bertz CT molecular complexity index is 956. The van der Waals surface area contributed by atoms with Gasteiger partial charge in [-0.3, -0.25) is 4.79 Å². The van der Waals surface area contributed by atoms with Crippen molar-refractivity contribution in [1.82, 2.24) is 4.31 Å². The van der Waals surface area contributed by atoms with Crippen molar-refractivity contribution >= 4 is 21.6 Å². The highest BCUT2D eigenvalue weighted by molar-refractivity contribution is 7.89. The first-order valence-electron chi connectivity index (χ1n) is 8.87. The summed E-state index contributed by atoms with van der Waals surface area (Å²) < 4.78 is 32.6. The van der Waals surface area contributed by atoms with E-state index in [-0.39, 0.29) is 16.8 Å². The molecule has 0 spiro atoms. The van der Waals surface area contributed by atoms with Crippen LogP contribution in [0.5, 0.6) is 0 Å². The van der Waals surface area contributed by atoms with E-state index in [9.17, 15) is 13.2 Å². The van der Waals surface area contributed by atoms with E-state index in [1.54, 1.807) is 12.1 Å². The number of hydrogen-bond donors (Lipinski definition) is 1. The van der Waals surface area contributed by atoms with Gasteiger partial charge in [-0.25, -0.2) is 8.42 Å². The maximum atomic E-state index is 13.0. The molecule has 1 atom stereocenters. The van der Waals surface area contributed by atoms with Gasteiger partial charge in [0.1, 0.15) is 0 Å². The summed E-state index contributed by atoms with van der Waals surface area (Å²) >= 11 is 0. The number of hydrogen-bond acceptors (Lipinski definition) is 4. The Morgan fingerprint density at radius 1 is 1.15 bits per heavy atom. The average molecular weight is 388 g/mol. The summed E-state index contributed by atoms with van der Waals surface area (Å²) in [5.41, 5.74) is 3.19. The van der Waals surface area contributed by atoms with Gasteiger partial charge in [-0.15, -0.1) is 0 Å². The predicted octanol–water partition coefficient (Wildman–Crippen LogP) is 2.97. The van der Waals surface area contributed by atoms with Crippen molar-refractivity contribution in [1.29, 1.82) is 0 Å². The highest BCUT2D eigenvalue weighted by Gasteiger charge is 2.31. The molecule has 3 rings (SSSR count). The Hall–Kier alpha value is -2.22. The van der Waals surface area contributed by atoms with Crippen LogP contribution in [0.1, 0.15) is 28.4 Å². The largest absolute Gasteiger partial charge is 0.378 e. The lowest BCUT2D eigenvalue weighted by molar-refractivity contribution is 0.0393. The molecule has 2 aromatic carbocycles. The molecule has 1 heterocycles. The zero-order valence-electron chi connectivity index (χ0n) is 15.7. The molecule has 144 valence electrons. The number of aryl methyl sites for hydroxylation is 2. The topological polar surface area (TPSA) is 75.7 Å². The summed E-state index contributed by atoms with van der Waals surface area (Å²) in [6.07, 6.45) is 0. The van der Waals surface area contributed by atoms with Crippen molar-refractivity contribution in [2.24, 2.45) is 0 Å². The fourth-order valence-corrected chi connectivity index (χ4v) is 4.67. The van der Waals surface area contributed by atoms with Crippen LogP contribution in [0.2, 0.25) is 0 Å². The van der Waals surface area contributed by atoms with Crippen molar-refractivity contribution in [3.05, 3.63) is 59.2 Å². The van der Waals surface area contributed by atoms with E-state index in [2.05, 4.69) is 5.32 Å². The van der Waals surface area contributed by atoms with Crippen molar-refractivity contribution in [2.45, 2.75) is 31.7 Å². The minimum absolute atomic E-state index is 0.115. The van der Waals surface area contributed by atoms with Gasteiger partial charge >= 0.3 is 0 Å². The lowest BCUT2D eigenvalue weighted by Gasteiger charge is -2.32. The number of carbonyl (C=O) groups is 1. The third-order valence-electron chi connectivity index (χ3n) is 4.77. The number of morpholine rings is 1. The summed E-state index contributed by atoms with van der Waals surface area (Å²) in [6, 6.07) is 11.6. The SMILES string of the molecule is Cc1ccc(NC(=O)c2cccc(S(=O)(=O)N3CCOCC3C)c2)cc1C. The molecule has 27 heavy (non-hydrogen) atoms. The lowest BCUT2D eigenvalue weighted by Crippen LogP contribution is -2.46. The molecular formula is C20H24N2O4S. The van der Waals surface area contributed by atoms with Crippen molar-refractivity contribution < 1.29 is 17.9 Å². The molecule has 1 aliphatic heterocycles. The van der Waals surface area contributed by atoms with Crippen molar-refractivity contribution in [3.8, 4) is 0 Å². The smallest absolute Gasteiger partial charge is 0.255 e. The van der Waals surface area contributed by atoms with Crippen molar-refractivity contribution in [2.75, 3.05) is 25.1 Å². The molecular weight excluding hydrogens is 364 g/mol. The monoisotopic (exact) mass is 388 g/mol. The number of anilines is 1. The Morgan fingerprint density at radius 2 is 1.93 bits per heavy atom. The minimum Gasteiger partial charge on any atom is -0.378 e. The first kappa shape index (κ1) is 19.5. The second-order valence-corrected chi connectivity index (χ2v) is 8.71. The van der Waals surface area contributed by atoms with Crippen LogP contribution in [0.3, 0.4) is 0 Å². The molecule has 1 aliphatic rings. The van der Waals surface area contributed by atoms with E-state index in [0.717, 1.165) is 11.1 Å². The summed E-state index contributed by atoms with van der Waals surface area (Å²) in [7, 11) is -3.68. The van der Waals surface area contributed by atoms with E-state index >= 15 is 0 Å². The first-order valence-corrected chi connectivity index (χ1v) is 10.3. The number of carbonyl (C=O) groups excluding carboxylic acids is 1. The van der Waals surface area contributed by atoms with Crippen molar-refractivity contribution in [3.63, 3.8) is 0 Å². The summed E-state index contributed by atoms with van der Waals surface area (Å²) in [5.74, 6) is -0.342. The normalized spacial score (nSPS) is 18.3. The van der Waals surface area contributed by atoms with E-state index in [4.69, 9.17) is 4.74 Å². The van der Waals surface area contributed by atoms with Gasteiger partial charge in [-0.05, 0) is 62.2 Å². The lowest BCUT2D eigenvalue weighted by atomic mass is 10.1. The molecule has 1 amide bonds. The number of nitrogens with zero attached hydrogens (tertiary/aromatic N) is 1. The molecule has 2 aromatic rings. The van der Waals surface area contributed by atoms with Gasteiger partial charge in [0.2, 0.25) is 10.0 Å². The quantitative estimate of drug-likeness (QED) is 0.874. The van der Waals surface area contributed by atoms with Crippen LogP contribution in [-0.4, -0.2) is 44.4 Å². The molecule has 1 unspecified atom stereocenters. The highest BCUT2D eigenvalue weighted by Crippen LogP contribution is 2.22. The van der Waals surface area contributed by atoms with Crippen LogP contribution in [0.25, 0.3) is 0 Å². The zero-order valence-corrected chi connectivity index (χ0v) is 16.5. The number of benzene rings is 2. The number of nitrogens with one attached hydrogen (secondary N) is 1. The zero-order chi connectivity index (χ0) is 19.6. The third-order valence-corrected chi connectivity index (χ3v) is 6.78. The van der Waals surface area contributed by atoms with Gasteiger partial charge < -0.3 is 10.1 Å². The second-order valence-electron chi connectivity index (χ2n) is 6.82. The van der Waals surface area contributed by atoms with Gasteiger partial charge in [0.15, 0.2) is 0 Å². The van der Waals surface area contributed by atoms with E-state index in [1.807, 2.05) is 39.0 Å². The maximum absolute atomic E-state index is 13.0. The third kappa shape index (κ3) is 4.21. The first-order chi connectivity index (χ1) is 12.8. The fourth-order valence-electron chi connectivity index (χ4n) is 3.02. The highest BCUT2D eigenvalue weighted by atomic mass is 32.2. The van der Waals surface area contributed by atoms with Crippen LogP contribution in [0.15, 0.2) is 47.4 Å². The van der Waals surface area contributed by atoms with Gasteiger partial charge in [0.25, 0.3) is 5.91 Å². The van der Waals surface area contributed by atoms with Gasteiger partial charge in [0, 0.05) is 23.8 Å². The van der Waals surface area contributed by atoms with Gasteiger partial charge in [-0.1, -0.05) is 12.1 Å². The molecule has 6 nitrogen and oxygen atoms in total. The number of sulfonamides is 1. The van der Waals surface area contributed by atoms with Crippen LogP contribution in [0, 0.1) is 13.8 Å². The number of rotatable bonds is 4. The maximum Gasteiger partial charge on any atom is 0.255 e. The van der Waals surface area contributed by atoms with E-state index in [0.29, 0.717) is 31.0 Å². The molecule has 1 fully saturated rings. The van der Waals surface area contributed by atoms with Crippen LogP contribution >= 0.6 is 0 Å². The Kier molecular flexibility index (Phi) is 5.64. The molecule has 1 N–H and O–H groups in total. The van der Waals surface area contributed by atoms with E-state index in [1.165, 1.54) is 16.4 Å². The van der Waals surface area contributed by atoms with Crippen LogP contribution < -0.4 is 5.32 Å². The number of amides is 1. The second kappa shape index (κ2) is 7.80. The Balaban J connectivity index is 1.84. The average Bonchev–Trinajstić information content (AvgIpc) is 2.65. The standard InChI is InChI=1S/C20H24N2O4S/c1-14-7-8-18(11-15(14)2)21-20(23)17-5-4-6-19(12-17)27(24,25)22-9-10-26-13-16(22)3/h4-8,11-12,16H,9-10,13H2,1-3H3,(H,21,23). The minimum atomic E-state index is -3.68. The molecule has 0 aliphatic carbocycles. The molecule has 0 radical (unpaired) electrons.